The van der Waals surface area contributed by atoms with E-state index >= 15 is 0 Å². The molecule has 5 nitrogen and oxygen atoms in total. The summed E-state index contributed by atoms with van der Waals surface area (Å²) in [5.41, 5.74) is 0.949. The number of hydrogen-bond acceptors (Lipinski definition) is 4. The number of nitrogens with zero attached hydrogens (tertiary/aromatic N) is 3. The third-order valence-electron chi connectivity index (χ3n) is 4.13. The molecule has 0 unspecified atom stereocenters. The van der Waals surface area contributed by atoms with E-state index in [0.717, 1.165) is 18.8 Å². The molecule has 1 aromatic rings. The zero-order valence-electron chi connectivity index (χ0n) is 12.1. The number of alkyl halides is 1. The van der Waals surface area contributed by atoms with Crippen LogP contribution in [0.5, 0.6) is 0 Å². The minimum Gasteiger partial charge on any atom is -0.461 e. The van der Waals surface area contributed by atoms with Crippen molar-refractivity contribution in [2.45, 2.75) is 57.9 Å². The van der Waals surface area contributed by atoms with E-state index in [1.165, 1.54) is 19.3 Å². The van der Waals surface area contributed by atoms with E-state index in [1.807, 2.05) is 4.68 Å². The van der Waals surface area contributed by atoms with Gasteiger partial charge in [-0.2, -0.15) is 0 Å². The second-order valence-corrected chi connectivity index (χ2v) is 5.53. The first-order valence-corrected chi connectivity index (χ1v) is 7.91. The quantitative estimate of drug-likeness (QED) is 0.618. The molecule has 20 heavy (non-hydrogen) atoms. The van der Waals surface area contributed by atoms with Crippen molar-refractivity contribution in [3.63, 3.8) is 0 Å². The van der Waals surface area contributed by atoms with E-state index in [1.54, 1.807) is 6.92 Å². The Hall–Kier alpha value is -1.10. The molecule has 1 aliphatic carbocycles. The highest BCUT2D eigenvalue weighted by molar-refractivity contribution is 6.17. The minimum atomic E-state index is -0.434. The van der Waals surface area contributed by atoms with E-state index < -0.39 is 5.97 Å². The van der Waals surface area contributed by atoms with Crippen molar-refractivity contribution >= 4 is 17.6 Å². The highest BCUT2D eigenvalue weighted by atomic mass is 35.5. The number of aromatic nitrogens is 3. The topological polar surface area (TPSA) is 57.0 Å². The Kier molecular flexibility index (Phi) is 5.40. The summed E-state index contributed by atoms with van der Waals surface area (Å²) in [5, 5.41) is 8.12. The molecule has 0 radical (unpaired) electrons. The maximum absolute atomic E-state index is 11.8. The lowest BCUT2D eigenvalue weighted by molar-refractivity contribution is 0.0518. The second kappa shape index (κ2) is 7.07. The van der Waals surface area contributed by atoms with Crippen molar-refractivity contribution in [3.8, 4) is 0 Å². The van der Waals surface area contributed by atoms with Gasteiger partial charge in [-0.1, -0.05) is 18.6 Å². The van der Waals surface area contributed by atoms with Crippen LogP contribution in [0.4, 0.5) is 0 Å². The highest BCUT2D eigenvalue weighted by Crippen LogP contribution is 2.34. The molecule has 6 heteroatoms. The monoisotopic (exact) mass is 299 g/mol. The van der Waals surface area contributed by atoms with Crippen molar-refractivity contribution in [1.82, 2.24) is 15.0 Å². The van der Waals surface area contributed by atoms with Gasteiger partial charge in [0.05, 0.1) is 24.2 Å². The van der Waals surface area contributed by atoms with Crippen LogP contribution in [0.2, 0.25) is 0 Å². The molecule has 0 atom stereocenters. The molecule has 0 bridgehead atoms. The average molecular weight is 300 g/mol. The summed E-state index contributed by atoms with van der Waals surface area (Å²) < 4.78 is 6.83. The number of halogens is 1. The number of ether oxygens (including phenoxy) is 1. The highest BCUT2D eigenvalue weighted by Gasteiger charge is 2.27. The molecule has 1 saturated carbocycles. The van der Waals surface area contributed by atoms with Gasteiger partial charge in [0.1, 0.15) is 0 Å². The molecule has 0 aromatic carbocycles. The fourth-order valence-corrected chi connectivity index (χ4v) is 3.14. The first kappa shape index (κ1) is 15.3. The average Bonchev–Trinajstić information content (AvgIpc) is 2.91. The van der Waals surface area contributed by atoms with Crippen LogP contribution in [-0.2, 0) is 10.6 Å². The predicted octanol–water partition coefficient (Wildman–Crippen LogP) is 3.33. The lowest BCUT2D eigenvalue weighted by Crippen LogP contribution is -2.20. The first-order valence-electron chi connectivity index (χ1n) is 7.38. The number of carbonyl (C=O) groups excluding carboxylic acids is 1. The summed E-state index contributed by atoms with van der Waals surface area (Å²) in [6, 6.07) is 0.308. The van der Waals surface area contributed by atoms with Crippen LogP contribution in [-0.4, -0.2) is 27.6 Å². The second-order valence-electron chi connectivity index (χ2n) is 5.27. The molecule has 1 aromatic heterocycles. The lowest BCUT2D eigenvalue weighted by atomic mass is 9.84. The predicted molar refractivity (Wildman–Crippen MR) is 76.8 cm³/mol. The Labute approximate surface area is 124 Å². The summed E-state index contributed by atoms with van der Waals surface area (Å²) in [4.78, 5) is 11.8. The van der Waals surface area contributed by atoms with E-state index in [0.29, 0.717) is 18.3 Å². The number of esters is 1. The largest absolute Gasteiger partial charge is 0.461 e. The van der Waals surface area contributed by atoms with Crippen molar-refractivity contribution in [2.75, 3.05) is 6.61 Å². The minimum absolute atomic E-state index is 0.231. The molecule has 0 amide bonds. The summed E-state index contributed by atoms with van der Waals surface area (Å²) in [6.45, 7) is 4.34. The standard InChI is InChI=1S/C14H22ClN3O2/c1-3-10-5-7-11(8-6-10)18-12(9-15)13(16-17-18)14(19)20-4-2/h10-11H,3-9H2,1-2H3. The summed E-state index contributed by atoms with van der Waals surface area (Å²) >= 11 is 5.99. The van der Waals surface area contributed by atoms with E-state index in [9.17, 15) is 4.79 Å². The van der Waals surface area contributed by atoms with Crippen LogP contribution in [0.1, 0.15) is 68.2 Å². The number of hydrogen-bond donors (Lipinski definition) is 0. The Morgan fingerprint density at radius 1 is 1.35 bits per heavy atom. The smallest absolute Gasteiger partial charge is 0.360 e. The first-order chi connectivity index (χ1) is 9.71. The van der Waals surface area contributed by atoms with Gasteiger partial charge in [0.25, 0.3) is 0 Å². The molecule has 0 aliphatic heterocycles. The molecular weight excluding hydrogens is 278 g/mol. The Bertz CT molecular complexity index is 453. The van der Waals surface area contributed by atoms with Gasteiger partial charge < -0.3 is 4.74 Å². The fraction of sp³-hybridized carbons (Fsp3) is 0.786. The molecule has 2 rings (SSSR count). The van der Waals surface area contributed by atoms with Gasteiger partial charge in [-0.25, -0.2) is 9.48 Å². The SMILES string of the molecule is CCOC(=O)c1nnn(C2CCC(CC)CC2)c1CCl. The van der Waals surface area contributed by atoms with Gasteiger partial charge in [-0.3, -0.25) is 0 Å². The Morgan fingerprint density at radius 2 is 2.05 bits per heavy atom. The third-order valence-corrected chi connectivity index (χ3v) is 4.38. The molecular formula is C14H22ClN3O2. The van der Waals surface area contributed by atoms with Crippen LogP contribution >= 0.6 is 11.6 Å². The maximum Gasteiger partial charge on any atom is 0.360 e. The fourth-order valence-electron chi connectivity index (χ4n) is 2.89. The molecule has 0 spiro atoms. The van der Waals surface area contributed by atoms with Gasteiger partial charge in [-0.15, -0.1) is 16.7 Å². The van der Waals surface area contributed by atoms with Gasteiger partial charge in [0, 0.05) is 0 Å². The van der Waals surface area contributed by atoms with Crippen molar-refractivity contribution in [3.05, 3.63) is 11.4 Å². The molecule has 0 saturated heterocycles. The van der Waals surface area contributed by atoms with Crippen LogP contribution < -0.4 is 0 Å². The van der Waals surface area contributed by atoms with Gasteiger partial charge >= 0.3 is 5.97 Å². The van der Waals surface area contributed by atoms with Gasteiger partial charge in [0.15, 0.2) is 5.69 Å². The summed E-state index contributed by atoms with van der Waals surface area (Å²) in [6.07, 6.45) is 5.80. The molecule has 1 aliphatic rings. The summed E-state index contributed by atoms with van der Waals surface area (Å²) in [7, 11) is 0. The van der Waals surface area contributed by atoms with Gasteiger partial charge in [-0.05, 0) is 38.5 Å². The third kappa shape index (κ3) is 3.14. The van der Waals surface area contributed by atoms with E-state index in [2.05, 4.69) is 17.2 Å². The van der Waals surface area contributed by atoms with Crippen molar-refractivity contribution < 1.29 is 9.53 Å². The van der Waals surface area contributed by atoms with Crippen LogP contribution in [0.25, 0.3) is 0 Å². The number of carbonyl (C=O) groups is 1. The molecule has 1 fully saturated rings. The zero-order chi connectivity index (χ0) is 14.5. The van der Waals surface area contributed by atoms with Crippen LogP contribution in [0.3, 0.4) is 0 Å². The zero-order valence-corrected chi connectivity index (χ0v) is 12.9. The Balaban J connectivity index is 2.14. The number of rotatable bonds is 5. The lowest BCUT2D eigenvalue weighted by Gasteiger charge is -2.28. The van der Waals surface area contributed by atoms with E-state index in [4.69, 9.17) is 16.3 Å². The summed E-state index contributed by atoms with van der Waals surface area (Å²) in [5.74, 6) is 0.616. The van der Waals surface area contributed by atoms with Gasteiger partial charge in [0.2, 0.25) is 0 Å². The molecule has 0 N–H and O–H groups in total. The molecule has 112 valence electrons. The van der Waals surface area contributed by atoms with Crippen molar-refractivity contribution in [2.24, 2.45) is 5.92 Å². The van der Waals surface area contributed by atoms with Crippen LogP contribution in [0.15, 0.2) is 0 Å². The Morgan fingerprint density at radius 3 is 2.60 bits per heavy atom. The maximum atomic E-state index is 11.8. The van der Waals surface area contributed by atoms with E-state index in [-0.39, 0.29) is 11.6 Å². The molecule has 1 heterocycles. The normalized spacial score (nSPS) is 22.8. The van der Waals surface area contributed by atoms with Crippen molar-refractivity contribution in [1.29, 1.82) is 0 Å². The van der Waals surface area contributed by atoms with Crippen LogP contribution in [0, 0.1) is 5.92 Å².